The molecule has 1 aliphatic carbocycles. The Bertz CT molecular complexity index is 996. The minimum absolute atomic E-state index is 0.00124. The smallest absolute Gasteiger partial charge is 0.416 e. The van der Waals surface area contributed by atoms with Gasteiger partial charge in [0.25, 0.3) is 0 Å². The van der Waals surface area contributed by atoms with Gasteiger partial charge in [-0.1, -0.05) is 29.8 Å². The predicted octanol–water partition coefficient (Wildman–Crippen LogP) is 4.01. The number of carbonyl (C=O) groups excluding carboxylic acids is 2. The van der Waals surface area contributed by atoms with Gasteiger partial charge >= 0.3 is 18.1 Å². The summed E-state index contributed by atoms with van der Waals surface area (Å²) >= 11 is 6.27. The molecule has 3 rings (SSSR count). The molecule has 0 radical (unpaired) electrons. The van der Waals surface area contributed by atoms with E-state index in [1.165, 1.54) is 19.2 Å². The molecule has 1 unspecified atom stereocenters. The molecule has 1 aromatic carbocycles. The van der Waals surface area contributed by atoms with Crippen LogP contribution >= 0.6 is 11.6 Å². The SMILES string of the molecule is COC(=O)c1nc(C2CC2)nc(NC(Cc2cccc(C(F)(F)F)c2)C(=O)OC)c1Cl. The molecule has 11 heteroatoms. The van der Waals surface area contributed by atoms with E-state index in [9.17, 15) is 22.8 Å². The van der Waals surface area contributed by atoms with Crippen LogP contribution in [0.4, 0.5) is 19.0 Å². The van der Waals surface area contributed by atoms with Gasteiger partial charge in [-0.25, -0.2) is 19.6 Å². The number of ether oxygens (including phenoxy) is 2. The lowest BCUT2D eigenvalue weighted by Crippen LogP contribution is -2.33. The number of hydrogen-bond donors (Lipinski definition) is 1. The van der Waals surface area contributed by atoms with Gasteiger partial charge < -0.3 is 14.8 Å². The summed E-state index contributed by atoms with van der Waals surface area (Å²) in [6.07, 6.45) is -2.98. The Labute approximate surface area is 180 Å². The van der Waals surface area contributed by atoms with Crippen LogP contribution in [-0.2, 0) is 26.9 Å². The minimum Gasteiger partial charge on any atom is -0.467 e. The summed E-state index contributed by atoms with van der Waals surface area (Å²) in [5.74, 6) is -1.08. The summed E-state index contributed by atoms with van der Waals surface area (Å²) in [4.78, 5) is 32.9. The average molecular weight is 458 g/mol. The third kappa shape index (κ3) is 5.43. The van der Waals surface area contributed by atoms with E-state index >= 15 is 0 Å². The molecule has 1 saturated carbocycles. The van der Waals surface area contributed by atoms with Gasteiger partial charge in [0.2, 0.25) is 0 Å². The molecule has 0 amide bonds. The molecule has 1 aliphatic rings. The van der Waals surface area contributed by atoms with Crippen LogP contribution in [0.15, 0.2) is 24.3 Å². The Morgan fingerprint density at radius 3 is 2.52 bits per heavy atom. The Morgan fingerprint density at radius 1 is 1.23 bits per heavy atom. The summed E-state index contributed by atoms with van der Waals surface area (Å²) in [6.45, 7) is 0. The van der Waals surface area contributed by atoms with Gasteiger partial charge in [-0.2, -0.15) is 13.2 Å². The maximum absolute atomic E-state index is 13.0. The van der Waals surface area contributed by atoms with Crippen LogP contribution in [0, 0.1) is 0 Å². The normalized spacial score (nSPS) is 14.6. The second-order valence-electron chi connectivity index (χ2n) is 6.98. The zero-order chi connectivity index (χ0) is 22.8. The molecule has 0 aliphatic heterocycles. The van der Waals surface area contributed by atoms with Crippen LogP contribution in [-0.4, -0.2) is 42.2 Å². The second kappa shape index (κ2) is 9.09. The van der Waals surface area contributed by atoms with E-state index in [1.807, 2.05) is 0 Å². The maximum atomic E-state index is 13.0. The van der Waals surface area contributed by atoms with Crippen LogP contribution in [0.1, 0.15) is 46.2 Å². The fourth-order valence-electron chi connectivity index (χ4n) is 2.93. The third-order valence-electron chi connectivity index (χ3n) is 4.68. The van der Waals surface area contributed by atoms with Gasteiger partial charge in [0.05, 0.1) is 19.8 Å². The molecule has 1 atom stereocenters. The zero-order valence-corrected chi connectivity index (χ0v) is 17.4. The van der Waals surface area contributed by atoms with E-state index in [1.54, 1.807) is 0 Å². The number of esters is 2. The highest BCUT2D eigenvalue weighted by atomic mass is 35.5. The number of carbonyl (C=O) groups is 2. The first-order valence-corrected chi connectivity index (χ1v) is 9.68. The first kappa shape index (κ1) is 22.8. The highest BCUT2D eigenvalue weighted by Gasteiger charge is 2.33. The Hall–Kier alpha value is -2.88. The first-order valence-electron chi connectivity index (χ1n) is 9.30. The van der Waals surface area contributed by atoms with E-state index in [0.29, 0.717) is 5.82 Å². The maximum Gasteiger partial charge on any atom is 0.416 e. The quantitative estimate of drug-likeness (QED) is 0.628. The Balaban J connectivity index is 1.94. The molecule has 1 fully saturated rings. The van der Waals surface area contributed by atoms with Gasteiger partial charge in [0, 0.05) is 12.3 Å². The summed E-state index contributed by atoms with van der Waals surface area (Å²) in [6, 6.07) is 3.50. The van der Waals surface area contributed by atoms with Crippen molar-refractivity contribution < 1.29 is 32.2 Å². The minimum atomic E-state index is -4.52. The molecule has 166 valence electrons. The summed E-state index contributed by atoms with van der Waals surface area (Å²) in [5.41, 5.74) is -0.748. The van der Waals surface area contributed by atoms with Crippen LogP contribution in [0.2, 0.25) is 5.02 Å². The van der Waals surface area contributed by atoms with Crippen molar-refractivity contribution in [2.45, 2.75) is 37.4 Å². The van der Waals surface area contributed by atoms with Gasteiger partial charge in [-0.3, -0.25) is 0 Å². The van der Waals surface area contributed by atoms with E-state index in [-0.39, 0.29) is 34.4 Å². The summed E-state index contributed by atoms with van der Waals surface area (Å²) < 4.78 is 48.6. The summed E-state index contributed by atoms with van der Waals surface area (Å²) in [7, 11) is 2.33. The molecule has 1 aromatic heterocycles. The molecule has 0 saturated heterocycles. The molecule has 7 nitrogen and oxygen atoms in total. The second-order valence-corrected chi connectivity index (χ2v) is 7.36. The van der Waals surface area contributed by atoms with Crippen LogP contribution < -0.4 is 5.32 Å². The molecule has 1 heterocycles. The highest BCUT2D eigenvalue weighted by molar-refractivity contribution is 6.35. The number of rotatable bonds is 7. The number of halogens is 4. The van der Waals surface area contributed by atoms with Gasteiger partial charge in [0.15, 0.2) is 5.69 Å². The van der Waals surface area contributed by atoms with Crippen molar-refractivity contribution in [1.29, 1.82) is 0 Å². The number of benzene rings is 1. The van der Waals surface area contributed by atoms with E-state index in [4.69, 9.17) is 21.1 Å². The van der Waals surface area contributed by atoms with E-state index in [2.05, 4.69) is 15.3 Å². The molecule has 31 heavy (non-hydrogen) atoms. The van der Waals surface area contributed by atoms with Crippen LogP contribution in [0.3, 0.4) is 0 Å². The fourth-order valence-corrected chi connectivity index (χ4v) is 3.14. The number of methoxy groups -OCH3 is 2. The fraction of sp³-hybridized carbons (Fsp3) is 0.400. The van der Waals surface area contributed by atoms with Gasteiger partial charge in [0.1, 0.15) is 22.7 Å². The van der Waals surface area contributed by atoms with Crippen molar-refractivity contribution in [2.75, 3.05) is 19.5 Å². The number of nitrogens with one attached hydrogen (secondary N) is 1. The molecule has 0 bridgehead atoms. The van der Waals surface area contributed by atoms with Gasteiger partial charge in [-0.05, 0) is 24.5 Å². The number of nitrogens with zero attached hydrogens (tertiary/aromatic N) is 2. The predicted molar refractivity (Wildman–Crippen MR) is 105 cm³/mol. The zero-order valence-electron chi connectivity index (χ0n) is 16.6. The average Bonchev–Trinajstić information content (AvgIpc) is 3.58. The van der Waals surface area contributed by atoms with E-state index < -0.39 is 29.7 Å². The monoisotopic (exact) mass is 457 g/mol. The number of aromatic nitrogens is 2. The highest BCUT2D eigenvalue weighted by Crippen LogP contribution is 2.40. The molecule has 1 N–H and O–H groups in total. The Morgan fingerprint density at radius 2 is 1.94 bits per heavy atom. The van der Waals surface area contributed by atoms with Crippen molar-refractivity contribution >= 4 is 29.4 Å². The van der Waals surface area contributed by atoms with Crippen molar-refractivity contribution in [2.24, 2.45) is 0 Å². The largest absolute Gasteiger partial charge is 0.467 e. The first-order chi connectivity index (χ1) is 14.6. The molecule has 0 spiro atoms. The summed E-state index contributed by atoms with van der Waals surface area (Å²) in [5, 5.41) is 2.64. The van der Waals surface area contributed by atoms with Crippen LogP contribution in [0.25, 0.3) is 0 Å². The van der Waals surface area contributed by atoms with Crippen molar-refractivity contribution in [1.82, 2.24) is 9.97 Å². The lowest BCUT2D eigenvalue weighted by atomic mass is 10.0. The van der Waals surface area contributed by atoms with Gasteiger partial charge in [-0.15, -0.1) is 0 Å². The molecule has 2 aromatic rings. The molecular weight excluding hydrogens is 439 g/mol. The Kier molecular flexibility index (Phi) is 6.68. The lowest BCUT2D eigenvalue weighted by molar-refractivity contribution is -0.141. The third-order valence-corrected chi connectivity index (χ3v) is 5.04. The number of alkyl halides is 3. The standard InChI is InChI=1S/C20H19ClF3N3O4/c1-30-18(28)13(9-10-4-3-5-12(8-10)20(22,23)24)25-17-14(21)15(19(29)31-2)26-16(27-17)11-6-7-11/h3-5,8,11,13H,6-7,9H2,1-2H3,(H,25,26,27). The number of hydrogen-bond acceptors (Lipinski definition) is 7. The van der Waals surface area contributed by atoms with Crippen LogP contribution in [0.5, 0.6) is 0 Å². The van der Waals surface area contributed by atoms with Crippen molar-refractivity contribution in [3.8, 4) is 0 Å². The number of anilines is 1. The lowest BCUT2D eigenvalue weighted by Gasteiger charge is -2.19. The topological polar surface area (TPSA) is 90.4 Å². The molecular formula is C20H19ClF3N3O4. The van der Waals surface area contributed by atoms with E-state index in [0.717, 1.165) is 32.1 Å². The van der Waals surface area contributed by atoms with Crippen molar-refractivity contribution in [3.05, 3.63) is 51.9 Å². The van der Waals surface area contributed by atoms with Crippen molar-refractivity contribution in [3.63, 3.8) is 0 Å².